The third-order valence-corrected chi connectivity index (χ3v) is 3.85. The quantitative estimate of drug-likeness (QED) is 0.825. The summed E-state index contributed by atoms with van der Waals surface area (Å²) in [5.41, 5.74) is 0.637. The Balaban J connectivity index is 2.23. The van der Waals surface area contributed by atoms with Crippen molar-refractivity contribution in [3.63, 3.8) is 0 Å². The second kappa shape index (κ2) is 6.15. The van der Waals surface area contributed by atoms with Crippen molar-refractivity contribution in [2.75, 3.05) is 13.2 Å². The van der Waals surface area contributed by atoms with Crippen molar-refractivity contribution in [3.8, 4) is 5.88 Å². The van der Waals surface area contributed by atoms with E-state index >= 15 is 0 Å². The Morgan fingerprint density at radius 1 is 1.40 bits per heavy atom. The first-order valence-corrected chi connectivity index (χ1v) is 7.04. The topological polar surface area (TPSA) is 81.5 Å². The molecule has 0 spiro atoms. The average Bonchev–Trinajstić information content (AvgIpc) is 2.73. The summed E-state index contributed by atoms with van der Waals surface area (Å²) in [7, 11) is 0. The molecule has 2 heterocycles. The molecule has 0 aliphatic heterocycles. The van der Waals surface area contributed by atoms with Gasteiger partial charge in [-0.1, -0.05) is 0 Å². The number of aryl methyl sites for hydroxylation is 1. The van der Waals surface area contributed by atoms with Crippen LogP contribution in [0.5, 0.6) is 5.88 Å². The van der Waals surface area contributed by atoms with Crippen molar-refractivity contribution in [1.29, 1.82) is 0 Å². The molecule has 0 aliphatic rings. The van der Waals surface area contributed by atoms with Crippen molar-refractivity contribution in [2.45, 2.75) is 26.9 Å². The van der Waals surface area contributed by atoms with Crippen molar-refractivity contribution in [2.24, 2.45) is 0 Å². The van der Waals surface area contributed by atoms with Crippen LogP contribution < -0.4 is 4.74 Å². The SMILES string of the molecule is Cc1c(C(=O)O)sc2ncnc(OCCOC(C)C)c12. The van der Waals surface area contributed by atoms with E-state index in [0.717, 1.165) is 11.3 Å². The van der Waals surface area contributed by atoms with Gasteiger partial charge in [0.1, 0.15) is 22.6 Å². The Bertz CT molecular complexity index is 624. The third-order valence-electron chi connectivity index (χ3n) is 2.66. The smallest absolute Gasteiger partial charge is 0.346 e. The van der Waals surface area contributed by atoms with Gasteiger partial charge in [0.05, 0.1) is 18.1 Å². The van der Waals surface area contributed by atoms with Gasteiger partial charge in [0, 0.05) is 0 Å². The van der Waals surface area contributed by atoms with Gasteiger partial charge in [-0.25, -0.2) is 14.8 Å². The molecule has 0 bridgehead atoms. The van der Waals surface area contributed by atoms with Crippen LogP contribution in [0.25, 0.3) is 10.2 Å². The van der Waals surface area contributed by atoms with Crippen molar-refractivity contribution in [1.82, 2.24) is 9.97 Å². The minimum atomic E-state index is -0.959. The Kier molecular flexibility index (Phi) is 4.51. The molecule has 0 radical (unpaired) electrons. The lowest BCUT2D eigenvalue weighted by Crippen LogP contribution is -2.12. The van der Waals surface area contributed by atoms with Crippen molar-refractivity contribution < 1.29 is 19.4 Å². The number of fused-ring (bicyclic) bond motifs is 1. The summed E-state index contributed by atoms with van der Waals surface area (Å²) in [6.07, 6.45) is 1.52. The molecule has 0 saturated heterocycles. The fourth-order valence-electron chi connectivity index (χ4n) is 1.77. The van der Waals surface area contributed by atoms with Gasteiger partial charge in [-0.15, -0.1) is 11.3 Å². The van der Waals surface area contributed by atoms with Crippen LogP contribution in [0.3, 0.4) is 0 Å². The molecule has 0 saturated carbocycles. The van der Waals surface area contributed by atoms with E-state index in [0.29, 0.717) is 34.9 Å². The van der Waals surface area contributed by atoms with Gasteiger partial charge in [-0.3, -0.25) is 0 Å². The van der Waals surface area contributed by atoms with E-state index in [9.17, 15) is 4.79 Å². The van der Waals surface area contributed by atoms with Crippen LogP contribution >= 0.6 is 11.3 Å². The zero-order valence-electron chi connectivity index (χ0n) is 11.5. The van der Waals surface area contributed by atoms with E-state index < -0.39 is 5.97 Å². The molecule has 20 heavy (non-hydrogen) atoms. The summed E-state index contributed by atoms with van der Waals surface area (Å²) in [5.74, 6) is -0.553. The monoisotopic (exact) mass is 296 g/mol. The first-order valence-electron chi connectivity index (χ1n) is 6.22. The highest BCUT2D eigenvalue weighted by atomic mass is 32.1. The molecule has 0 atom stereocenters. The lowest BCUT2D eigenvalue weighted by Gasteiger charge is -2.09. The van der Waals surface area contributed by atoms with Crippen molar-refractivity contribution >= 4 is 27.5 Å². The number of carboxylic acid groups (broad SMARTS) is 1. The summed E-state index contributed by atoms with van der Waals surface area (Å²) < 4.78 is 11.0. The van der Waals surface area contributed by atoms with Gasteiger partial charge in [0.2, 0.25) is 5.88 Å². The lowest BCUT2D eigenvalue weighted by atomic mass is 10.2. The van der Waals surface area contributed by atoms with Gasteiger partial charge < -0.3 is 14.6 Å². The summed E-state index contributed by atoms with van der Waals surface area (Å²) in [4.78, 5) is 20.2. The summed E-state index contributed by atoms with van der Waals surface area (Å²) in [6.45, 7) is 6.46. The van der Waals surface area contributed by atoms with Crippen LogP contribution in [0.15, 0.2) is 6.33 Å². The van der Waals surface area contributed by atoms with E-state index in [-0.39, 0.29) is 11.0 Å². The molecular weight excluding hydrogens is 280 g/mol. The summed E-state index contributed by atoms with van der Waals surface area (Å²) >= 11 is 1.13. The van der Waals surface area contributed by atoms with E-state index in [1.54, 1.807) is 6.92 Å². The fourth-order valence-corrected chi connectivity index (χ4v) is 2.75. The van der Waals surface area contributed by atoms with Gasteiger partial charge in [0.15, 0.2) is 0 Å². The molecule has 0 amide bonds. The standard InChI is InChI=1S/C13H16N2O4S/c1-7(2)18-4-5-19-11-9-8(3)10(13(16)17)20-12(9)15-6-14-11/h6-7H,4-5H2,1-3H3,(H,16,17). The van der Waals surface area contributed by atoms with E-state index in [1.807, 2.05) is 13.8 Å². The second-order valence-electron chi connectivity index (χ2n) is 4.49. The normalized spacial score (nSPS) is 11.2. The number of aromatic nitrogens is 2. The van der Waals surface area contributed by atoms with Gasteiger partial charge >= 0.3 is 5.97 Å². The molecule has 0 aliphatic carbocycles. The molecule has 2 rings (SSSR count). The van der Waals surface area contributed by atoms with Gasteiger partial charge in [-0.05, 0) is 26.3 Å². The molecule has 2 aromatic rings. The first-order chi connectivity index (χ1) is 9.50. The van der Waals surface area contributed by atoms with Crippen LogP contribution in [0.4, 0.5) is 0 Å². The van der Waals surface area contributed by atoms with Crippen LogP contribution in [-0.4, -0.2) is 40.4 Å². The molecule has 6 nitrogen and oxygen atoms in total. The van der Waals surface area contributed by atoms with Crippen LogP contribution in [0, 0.1) is 6.92 Å². The minimum absolute atomic E-state index is 0.144. The maximum Gasteiger partial charge on any atom is 0.346 e. The predicted molar refractivity (Wildman–Crippen MR) is 75.7 cm³/mol. The highest BCUT2D eigenvalue weighted by Crippen LogP contribution is 2.34. The van der Waals surface area contributed by atoms with Crippen LogP contribution in [0.2, 0.25) is 0 Å². The Hall–Kier alpha value is -1.73. The highest BCUT2D eigenvalue weighted by Gasteiger charge is 2.19. The Morgan fingerprint density at radius 3 is 2.80 bits per heavy atom. The predicted octanol–water partition coefficient (Wildman–Crippen LogP) is 2.50. The number of aromatic carboxylic acids is 1. The lowest BCUT2D eigenvalue weighted by molar-refractivity contribution is 0.0546. The largest absolute Gasteiger partial charge is 0.477 e. The number of hydrogen-bond donors (Lipinski definition) is 1. The number of ether oxygens (including phenoxy) is 2. The number of carboxylic acids is 1. The maximum atomic E-state index is 11.1. The number of rotatable bonds is 6. The molecule has 2 aromatic heterocycles. The zero-order chi connectivity index (χ0) is 14.7. The Labute approximate surface area is 120 Å². The second-order valence-corrected chi connectivity index (χ2v) is 5.49. The van der Waals surface area contributed by atoms with Gasteiger partial charge in [0.25, 0.3) is 0 Å². The number of nitrogens with zero attached hydrogens (tertiary/aromatic N) is 2. The Morgan fingerprint density at radius 2 is 2.15 bits per heavy atom. The first kappa shape index (κ1) is 14.7. The fraction of sp³-hybridized carbons (Fsp3) is 0.462. The van der Waals surface area contributed by atoms with Crippen molar-refractivity contribution in [3.05, 3.63) is 16.8 Å². The summed E-state index contributed by atoms with van der Waals surface area (Å²) in [6, 6.07) is 0. The molecule has 7 heteroatoms. The molecule has 0 aromatic carbocycles. The average molecular weight is 296 g/mol. The molecule has 108 valence electrons. The van der Waals surface area contributed by atoms with Gasteiger partial charge in [-0.2, -0.15) is 0 Å². The molecule has 0 fully saturated rings. The van der Waals surface area contributed by atoms with E-state index in [4.69, 9.17) is 14.6 Å². The van der Waals surface area contributed by atoms with Crippen LogP contribution in [0.1, 0.15) is 29.1 Å². The number of thiophene rings is 1. The zero-order valence-corrected chi connectivity index (χ0v) is 12.4. The molecule has 0 unspecified atom stereocenters. The molecular formula is C13H16N2O4S. The van der Waals surface area contributed by atoms with E-state index in [2.05, 4.69) is 9.97 Å². The minimum Gasteiger partial charge on any atom is -0.477 e. The molecule has 1 N–H and O–H groups in total. The third kappa shape index (κ3) is 3.05. The summed E-state index contributed by atoms with van der Waals surface area (Å²) in [5, 5.41) is 9.80. The maximum absolute atomic E-state index is 11.1. The van der Waals surface area contributed by atoms with E-state index in [1.165, 1.54) is 6.33 Å². The van der Waals surface area contributed by atoms with Crippen LogP contribution in [-0.2, 0) is 4.74 Å². The highest BCUT2D eigenvalue weighted by molar-refractivity contribution is 7.20. The number of hydrogen-bond acceptors (Lipinski definition) is 6. The number of carbonyl (C=O) groups is 1.